The highest BCUT2D eigenvalue weighted by molar-refractivity contribution is 5.36. The number of pyridine rings is 1. The van der Waals surface area contributed by atoms with E-state index in [0.717, 1.165) is 12.7 Å². The van der Waals surface area contributed by atoms with Gasteiger partial charge in [-0.25, -0.2) is 13.8 Å². The molecule has 0 aliphatic heterocycles. The number of hydrogen-bond acceptors (Lipinski definition) is 3. The normalized spacial score (nSPS) is 10.6. The van der Waals surface area contributed by atoms with E-state index in [9.17, 15) is 8.78 Å². The average molecular weight is 278 g/mol. The first-order chi connectivity index (χ1) is 9.61. The maximum Gasteiger partial charge on any atom is 0.224 e. The van der Waals surface area contributed by atoms with E-state index in [1.807, 2.05) is 6.92 Å². The van der Waals surface area contributed by atoms with Crippen molar-refractivity contribution in [3.05, 3.63) is 53.2 Å². The molecule has 0 amide bonds. The summed E-state index contributed by atoms with van der Waals surface area (Å²) in [7, 11) is 0. The number of benzene rings is 1. The third kappa shape index (κ3) is 3.30. The molecule has 0 bridgehead atoms. The van der Waals surface area contributed by atoms with Crippen LogP contribution in [0.15, 0.2) is 30.5 Å². The Kier molecular flexibility index (Phi) is 4.63. The van der Waals surface area contributed by atoms with Gasteiger partial charge in [0.1, 0.15) is 5.82 Å². The van der Waals surface area contributed by atoms with Crippen molar-refractivity contribution in [3.8, 4) is 11.6 Å². The highest BCUT2D eigenvalue weighted by atomic mass is 19.1. The highest BCUT2D eigenvalue weighted by Crippen LogP contribution is 2.27. The Hall–Kier alpha value is -2.01. The van der Waals surface area contributed by atoms with Crippen LogP contribution in [0.25, 0.3) is 0 Å². The fourth-order valence-corrected chi connectivity index (χ4v) is 1.75. The van der Waals surface area contributed by atoms with Crippen molar-refractivity contribution in [2.24, 2.45) is 0 Å². The van der Waals surface area contributed by atoms with Crippen LogP contribution in [0.4, 0.5) is 8.78 Å². The number of aryl methyl sites for hydroxylation is 1. The minimum absolute atomic E-state index is 0.0851. The molecule has 0 spiro atoms. The summed E-state index contributed by atoms with van der Waals surface area (Å²) in [5.41, 5.74) is 1.03. The van der Waals surface area contributed by atoms with E-state index < -0.39 is 11.6 Å². The fraction of sp³-hybridized carbons (Fsp3) is 0.267. The van der Waals surface area contributed by atoms with E-state index in [1.54, 1.807) is 19.1 Å². The molecular weight excluding hydrogens is 262 g/mol. The summed E-state index contributed by atoms with van der Waals surface area (Å²) in [5, 5.41) is 3.06. The van der Waals surface area contributed by atoms with Gasteiger partial charge in [0.25, 0.3) is 0 Å². The third-order valence-corrected chi connectivity index (χ3v) is 2.82. The number of nitrogens with one attached hydrogen (secondary N) is 1. The monoisotopic (exact) mass is 278 g/mol. The smallest absolute Gasteiger partial charge is 0.224 e. The average Bonchev–Trinajstić information content (AvgIpc) is 2.44. The predicted molar refractivity (Wildman–Crippen MR) is 72.8 cm³/mol. The van der Waals surface area contributed by atoms with Crippen molar-refractivity contribution in [2.45, 2.75) is 20.4 Å². The van der Waals surface area contributed by atoms with E-state index in [2.05, 4.69) is 10.3 Å². The molecule has 0 aliphatic rings. The van der Waals surface area contributed by atoms with Gasteiger partial charge in [0.2, 0.25) is 5.88 Å². The van der Waals surface area contributed by atoms with Crippen molar-refractivity contribution in [1.29, 1.82) is 0 Å². The number of aromatic nitrogens is 1. The van der Waals surface area contributed by atoms with Crippen LogP contribution < -0.4 is 10.1 Å². The minimum atomic E-state index is -0.449. The molecule has 0 fully saturated rings. The van der Waals surface area contributed by atoms with Crippen LogP contribution in [-0.2, 0) is 6.54 Å². The molecule has 106 valence electrons. The molecule has 0 saturated carbocycles. The standard InChI is InChI=1S/C15H16F2N2O/c1-3-18-8-11-7-12(16)9-19-15(11)20-13-6-4-5-10(2)14(13)17/h4-7,9,18H,3,8H2,1-2H3. The number of hydrogen-bond donors (Lipinski definition) is 1. The summed E-state index contributed by atoms with van der Waals surface area (Å²) in [6.45, 7) is 4.73. The summed E-state index contributed by atoms with van der Waals surface area (Å²) in [6, 6.07) is 6.20. The summed E-state index contributed by atoms with van der Waals surface area (Å²) in [5.74, 6) is -0.596. The third-order valence-electron chi connectivity index (χ3n) is 2.82. The zero-order valence-electron chi connectivity index (χ0n) is 11.4. The molecule has 0 unspecified atom stereocenters. The number of rotatable bonds is 5. The minimum Gasteiger partial charge on any atom is -0.436 e. The van der Waals surface area contributed by atoms with Crippen LogP contribution in [0.1, 0.15) is 18.1 Å². The van der Waals surface area contributed by atoms with Crippen molar-refractivity contribution in [1.82, 2.24) is 10.3 Å². The topological polar surface area (TPSA) is 34.2 Å². The molecule has 5 heteroatoms. The second-order valence-electron chi connectivity index (χ2n) is 4.39. The first kappa shape index (κ1) is 14.4. The van der Waals surface area contributed by atoms with Crippen LogP contribution in [-0.4, -0.2) is 11.5 Å². The van der Waals surface area contributed by atoms with Crippen molar-refractivity contribution < 1.29 is 13.5 Å². The Morgan fingerprint density at radius 1 is 1.30 bits per heavy atom. The van der Waals surface area contributed by atoms with Crippen molar-refractivity contribution >= 4 is 0 Å². The lowest BCUT2D eigenvalue weighted by Crippen LogP contribution is -2.13. The van der Waals surface area contributed by atoms with Gasteiger partial charge in [-0.05, 0) is 31.2 Å². The number of nitrogens with zero attached hydrogens (tertiary/aromatic N) is 1. The number of halogens is 2. The van der Waals surface area contributed by atoms with E-state index in [1.165, 1.54) is 12.1 Å². The molecule has 1 N–H and O–H groups in total. The zero-order chi connectivity index (χ0) is 14.5. The van der Waals surface area contributed by atoms with Gasteiger partial charge in [0, 0.05) is 12.1 Å². The molecule has 1 aromatic carbocycles. The van der Waals surface area contributed by atoms with Gasteiger partial charge in [-0.15, -0.1) is 0 Å². The molecule has 20 heavy (non-hydrogen) atoms. The van der Waals surface area contributed by atoms with Gasteiger partial charge >= 0.3 is 0 Å². The largest absolute Gasteiger partial charge is 0.436 e. The van der Waals surface area contributed by atoms with E-state index >= 15 is 0 Å². The summed E-state index contributed by atoms with van der Waals surface area (Å²) in [6.07, 6.45) is 1.05. The second kappa shape index (κ2) is 6.43. The SMILES string of the molecule is CCNCc1cc(F)cnc1Oc1cccc(C)c1F. The first-order valence-corrected chi connectivity index (χ1v) is 6.40. The maximum atomic E-state index is 13.9. The van der Waals surface area contributed by atoms with Crippen LogP contribution in [0.2, 0.25) is 0 Å². The van der Waals surface area contributed by atoms with Crippen LogP contribution in [0.3, 0.4) is 0 Å². The van der Waals surface area contributed by atoms with Gasteiger partial charge in [0.05, 0.1) is 6.20 Å². The van der Waals surface area contributed by atoms with Gasteiger partial charge in [-0.2, -0.15) is 0 Å². The van der Waals surface area contributed by atoms with Crippen LogP contribution in [0.5, 0.6) is 11.6 Å². The first-order valence-electron chi connectivity index (χ1n) is 6.40. The molecule has 0 radical (unpaired) electrons. The van der Waals surface area contributed by atoms with E-state index in [4.69, 9.17) is 4.74 Å². The molecule has 1 aromatic heterocycles. The lowest BCUT2D eigenvalue weighted by Gasteiger charge is -2.11. The Morgan fingerprint density at radius 2 is 2.10 bits per heavy atom. The molecule has 2 aromatic rings. The van der Waals surface area contributed by atoms with Crippen LogP contribution in [0, 0.1) is 18.6 Å². The van der Waals surface area contributed by atoms with E-state index in [-0.39, 0.29) is 11.6 Å². The summed E-state index contributed by atoms with van der Waals surface area (Å²) in [4.78, 5) is 3.89. The molecule has 2 rings (SSSR count). The Labute approximate surface area is 116 Å². The highest BCUT2D eigenvalue weighted by Gasteiger charge is 2.12. The van der Waals surface area contributed by atoms with Gasteiger partial charge < -0.3 is 10.1 Å². The molecule has 0 aliphatic carbocycles. The Balaban J connectivity index is 2.30. The Bertz CT molecular complexity index is 602. The predicted octanol–water partition coefficient (Wildman–Crippen LogP) is 3.57. The van der Waals surface area contributed by atoms with Crippen molar-refractivity contribution in [3.63, 3.8) is 0 Å². The van der Waals surface area contributed by atoms with Gasteiger partial charge in [-0.3, -0.25) is 0 Å². The van der Waals surface area contributed by atoms with Gasteiger partial charge in [-0.1, -0.05) is 19.1 Å². The number of ether oxygens (including phenoxy) is 1. The fourth-order valence-electron chi connectivity index (χ4n) is 1.75. The van der Waals surface area contributed by atoms with Crippen LogP contribution >= 0.6 is 0 Å². The molecule has 0 atom stereocenters. The molecule has 3 nitrogen and oxygen atoms in total. The molecule has 1 heterocycles. The molecule has 0 saturated heterocycles. The second-order valence-corrected chi connectivity index (χ2v) is 4.39. The quantitative estimate of drug-likeness (QED) is 0.908. The summed E-state index contributed by atoms with van der Waals surface area (Å²) >= 11 is 0. The zero-order valence-corrected chi connectivity index (χ0v) is 11.4. The van der Waals surface area contributed by atoms with E-state index in [0.29, 0.717) is 17.7 Å². The summed E-state index contributed by atoms with van der Waals surface area (Å²) < 4.78 is 32.6. The maximum absolute atomic E-state index is 13.9. The lowest BCUT2D eigenvalue weighted by molar-refractivity contribution is 0.416. The Morgan fingerprint density at radius 3 is 2.85 bits per heavy atom. The molecular formula is C15H16F2N2O. The van der Waals surface area contributed by atoms with Crippen molar-refractivity contribution in [2.75, 3.05) is 6.54 Å². The van der Waals surface area contributed by atoms with Gasteiger partial charge in [0.15, 0.2) is 11.6 Å². The lowest BCUT2D eigenvalue weighted by atomic mass is 10.2.